The maximum atomic E-state index is 10.6. The van der Waals surface area contributed by atoms with Gasteiger partial charge in [0.1, 0.15) is 10.9 Å². The largest absolute Gasteiger partial charge is 0.369 e. The van der Waals surface area contributed by atoms with Crippen molar-refractivity contribution in [3.8, 4) is 6.07 Å². The number of nitrogens with zero attached hydrogens (tertiary/aromatic N) is 1. The van der Waals surface area contributed by atoms with Crippen LogP contribution in [0.4, 0.5) is 0 Å². The van der Waals surface area contributed by atoms with E-state index in [0.717, 1.165) is 13.2 Å². The third-order valence-electron chi connectivity index (χ3n) is 1.23. The van der Waals surface area contributed by atoms with E-state index in [-0.39, 0.29) is 5.75 Å². The van der Waals surface area contributed by atoms with Crippen LogP contribution in [0.25, 0.3) is 0 Å². The van der Waals surface area contributed by atoms with Crippen LogP contribution in [0.1, 0.15) is 4.88 Å². The number of rotatable bonds is 3. The van der Waals surface area contributed by atoms with Gasteiger partial charge in [-0.3, -0.25) is 4.79 Å². The first kappa shape index (κ1) is 12.0. The first-order chi connectivity index (χ1) is 6.56. The molecule has 1 rings (SSSR count). The van der Waals surface area contributed by atoms with E-state index < -0.39 is 5.91 Å². The Hall–Kier alpha value is -0.0300. The fraction of sp³-hybridized carbons (Fsp3) is 0.143. The van der Waals surface area contributed by atoms with Crippen molar-refractivity contribution in [2.24, 2.45) is 5.73 Å². The normalized spacial score (nSPS) is 9.79. The maximum absolute atomic E-state index is 10.6. The van der Waals surface area contributed by atoms with Gasteiger partial charge in [-0.05, 0) is 31.9 Å². The highest BCUT2D eigenvalue weighted by molar-refractivity contribution is 9.13. The molecular formula is C7H4Br2N2OS2. The lowest BCUT2D eigenvalue weighted by Gasteiger charge is -1.96. The molecule has 2 N–H and O–H groups in total. The predicted molar refractivity (Wildman–Crippen MR) is 64.4 cm³/mol. The number of amides is 1. The molecule has 0 aliphatic carbocycles. The van der Waals surface area contributed by atoms with Crippen molar-refractivity contribution in [1.82, 2.24) is 0 Å². The molecule has 1 aromatic heterocycles. The lowest BCUT2D eigenvalue weighted by atomic mass is 10.5. The summed E-state index contributed by atoms with van der Waals surface area (Å²) in [6.07, 6.45) is 0. The summed E-state index contributed by atoms with van der Waals surface area (Å²) in [5, 5.41) is 8.81. The third kappa shape index (κ3) is 2.73. The standard InChI is InChI=1S/C7H4Br2N2OS2/c8-5-6(13-2-4(11)12)3(1-10)14-7(5)9/h2H2,(H2,11,12). The van der Waals surface area contributed by atoms with Gasteiger partial charge in [-0.15, -0.1) is 23.1 Å². The number of nitrogens with two attached hydrogens (primary N) is 1. The smallest absolute Gasteiger partial charge is 0.227 e. The van der Waals surface area contributed by atoms with Crippen molar-refractivity contribution < 1.29 is 4.79 Å². The lowest BCUT2D eigenvalue weighted by Crippen LogP contribution is -2.12. The zero-order valence-corrected chi connectivity index (χ0v) is 11.5. The molecule has 1 heterocycles. The number of carbonyl (C=O) groups excluding carboxylic acids is 1. The number of hydrogen-bond acceptors (Lipinski definition) is 4. The Balaban J connectivity index is 2.95. The fourth-order valence-electron chi connectivity index (χ4n) is 0.715. The molecule has 0 saturated carbocycles. The van der Waals surface area contributed by atoms with Crippen LogP contribution in [0.3, 0.4) is 0 Å². The van der Waals surface area contributed by atoms with Crippen LogP contribution >= 0.6 is 55.0 Å². The Kier molecular flexibility index (Phi) is 4.44. The lowest BCUT2D eigenvalue weighted by molar-refractivity contribution is -0.115. The quantitative estimate of drug-likeness (QED) is 0.847. The van der Waals surface area contributed by atoms with Crippen LogP contribution in [0.5, 0.6) is 0 Å². The Morgan fingerprint density at radius 2 is 2.29 bits per heavy atom. The number of hydrogen-bond donors (Lipinski definition) is 1. The van der Waals surface area contributed by atoms with Gasteiger partial charge in [-0.1, -0.05) is 0 Å². The van der Waals surface area contributed by atoms with Gasteiger partial charge in [0, 0.05) is 0 Å². The summed E-state index contributed by atoms with van der Waals surface area (Å²) < 4.78 is 1.66. The van der Waals surface area contributed by atoms with Crippen molar-refractivity contribution >= 4 is 60.9 Å². The van der Waals surface area contributed by atoms with Crippen molar-refractivity contribution in [1.29, 1.82) is 5.26 Å². The second-order valence-corrected chi connectivity index (χ2v) is 6.33. The van der Waals surface area contributed by atoms with Gasteiger partial charge in [0.25, 0.3) is 0 Å². The number of thioether (sulfide) groups is 1. The topological polar surface area (TPSA) is 66.9 Å². The average molecular weight is 356 g/mol. The fourth-order valence-corrected chi connectivity index (χ4v) is 4.12. The molecule has 1 aromatic rings. The molecule has 0 radical (unpaired) electrons. The minimum absolute atomic E-state index is 0.177. The molecule has 74 valence electrons. The van der Waals surface area contributed by atoms with Crippen molar-refractivity contribution in [2.45, 2.75) is 4.90 Å². The van der Waals surface area contributed by atoms with E-state index in [0.29, 0.717) is 4.88 Å². The van der Waals surface area contributed by atoms with Gasteiger partial charge < -0.3 is 5.73 Å². The summed E-state index contributed by atoms with van der Waals surface area (Å²) in [7, 11) is 0. The number of primary amides is 1. The summed E-state index contributed by atoms with van der Waals surface area (Å²) in [6.45, 7) is 0. The molecular weight excluding hydrogens is 352 g/mol. The molecule has 0 aliphatic rings. The highest BCUT2D eigenvalue weighted by Crippen LogP contribution is 2.42. The number of carbonyl (C=O) groups is 1. The molecule has 1 amide bonds. The number of thiophene rings is 1. The van der Waals surface area contributed by atoms with E-state index in [4.69, 9.17) is 11.0 Å². The van der Waals surface area contributed by atoms with Crippen LogP contribution in [0.15, 0.2) is 13.2 Å². The minimum Gasteiger partial charge on any atom is -0.369 e. The van der Waals surface area contributed by atoms with Crippen molar-refractivity contribution in [2.75, 3.05) is 5.75 Å². The summed E-state index contributed by atoms with van der Waals surface area (Å²) in [5.74, 6) is -0.218. The summed E-state index contributed by atoms with van der Waals surface area (Å²) in [5.41, 5.74) is 5.02. The average Bonchev–Trinajstić information content (AvgIpc) is 2.40. The molecule has 3 nitrogen and oxygen atoms in total. The van der Waals surface area contributed by atoms with E-state index in [2.05, 4.69) is 37.9 Å². The first-order valence-corrected chi connectivity index (χ1v) is 6.74. The molecule has 0 spiro atoms. The molecule has 0 fully saturated rings. The molecule has 0 saturated heterocycles. The molecule has 0 bridgehead atoms. The maximum Gasteiger partial charge on any atom is 0.227 e. The SMILES string of the molecule is N#Cc1sc(Br)c(Br)c1SCC(N)=O. The van der Waals surface area contributed by atoms with E-state index in [1.54, 1.807) is 0 Å². The van der Waals surface area contributed by atoms with E-state index >= 15 is 0 Å². The van der Waals surface area contributed by atoms with Crippen LogP contribution in [-0.2, 0) is 4.79 Å². The van der Waals surface area contributed by atoms with E-state index in [1.165, 1.54) is 23.1 Å². The molecule has 7 heteroatoms. The first-order valence-electron chi connectivity index (χ1n) is 3.35. The number of halogens is 2. The van der Waals surface area contributed by atoms with E-state index in [1.807, 2.05) is 0 Å². The van der Waals surface area contributed by atoms with Gasteiger partial charge >= 0.3 is 0 Å². The summed E-state index contributed by atoms with van der Waals surface area (Å²) in [6, 6.07) is 2.07. The molecule has 0 aliphatic heterocycles. The molecule has 0 atom stereocenters. The van der Waals surface area contributed by atoms with Gasteiger partial charge in [0.2, 0.25) is 5.91 Å². The van der Waals surface area contributed by atoms with Crippen LogP contribution in [0, 0.1) is 11.3 Å². The zero-order chi connectivity index (χ0) is 10.7. The molecule has 0 aromatic carbocycles. The second-order valence-electron chi connectivity index (χ2n) is 2.21. The summed E-state index contributed by atoms with van der Waals surface area (Å²) >= 11 is 9.23. The highest BCUT2D eigenvalue weighted by Gasteiger charge is 2.15. The second kappa shape index (κ2) is 5.16. The Morgan fingerprint density at radius 1 is 1.64 bits per heavy atom. The molecule has 14 heavy (non-hydrogen) atoms. The van der Waals surface area contributed by atoms with Crippen molar-refractivity contribution in [3.63, 3.8) is 0 Å². The van der Waals surface area contributed by atoms with Crippen LogP contribution in [-0.4, -0.2) is 11.7 Å². The zero-order valence-electron chi connectivity index (χ0n) is 6.71. The Bertz CT molecular complexity index is 411. The van der Waals surface area contributed by atoms with Gasteiger partial charge in [0.15, 0.2) is 0 Å². The number of nitriles is 1. The highest BCUT2D eigenvalue weighted by atomic mass is 79.9. The van der Waals surface area contributed by atoms with Crippen molar-refractivity contribution in [3.05, 3.63) is 13.1 Å². The third-order valence-corrected chi connectivity index (χ3v) is 6.10. The van der Waals surface area contributed by atoms with Gasteiger partial charge in [-0.25, -0.2) is 0 Å². The minimum atomic E-state index is -0.395. The summed E-state index contributed by atoms with van der Waals surface area (Å²) in [4.78, 5) is 11.9. The van der Waals surface area contributed by atoms with Crippen LogP contribution < -0.4 is 5.73 Å². The molecule has 0 unspecified atom stereocenters. The van der Waals surface area contributed by atoms with Crippen LogP contribution in [0.2, 0.25) is 0 Å². The Labute approximate surface area is 106 Å². The van der Waals surface area contributed by atoms with Gasteiger partial charge in [0.05, 0.1) is 18.9 Å². The van der Waals surface area contributed by atoms with Gasteiger partial charge in [-0.2, -0.15) is 5.26 Å². The Morgan fingerprint density at radius 3 is 2.79 bits per heavy atom. The van der Waals surface area contributed by atoms with E-state index in [9.17, 15) is 4.79 Å². The predicted octanol–water partition coefficient (Wildman–Crippen LogP) is 2.72. The monoisotopic (exact) mass is 354 g/mol.